The summed E-state index contributed by atoms with van der Waals surface area (Å²) >= 11 is 0. The molecule has 2 N–H and O–H groups in total. The normalized spacial score (nSPS) is 57.7. The fourth-order valence-corrected chi connectivity index (χ4v) is 6.07. The van der Waals surface area contributed by atoms with Gasteiger partial charge in [0.05, 0.1) is 5.41 Å². The van der Waals surface area contributed by atoms with Crippen LogP contribution in [0.4, 0.5) is 0 Å². The van der Waals surface area contributed by atoms with Gasteiger partial charge in [0.25, 0.3) is 0 Å². The standard InChI is InChI=1S/C15H21NO/c1-2-15(14(16)17)7-10-6-11(15)13-9-4-3-8(5-9)12(10)13/h3-4,8-13H,2,5-7H2,1H3,(H2,16,17). The van der Waals surface area contributed by atoms with Crippen molar-refractivity contribution in [3.8, 4) is 0 Å². The van der Waals surface area contributed by atoms with Gasteiger partial charge in [0.15, 0.2) is 0 Å². The molecule has 7 unspecified atom stereocenters. The Labute approximate surface area is 103 Å². The Bertz CT molecular complexity index is 415. The van der Waals surface area contributed by atoms with Gasteiger partial charge in [0, 0.05) is 0 Å². The van der Waals surface area contributed by atoms with Crippen LogP contribution in [-0.4, -0.2) is 5.91 Å². The van der Waals surface area contributed by atoms with Crippen molar-refractivity contribution in [2.75, 3.05) is 0 Å². The van der Waals surface area contributed by atoms with E-state index in [1.165, 1.54) is 12.8 Å². The number of allylic oxidation sites excluding steroid dienone is 2. The summed E-state index contributed by atoms with van der Waals surface area (Å²) in [7, 11) is 0. The van der Waals surface area contributed by atoms with Crippen molar-refractivity contribution in [3.63, 3.8) is 0 Å². The fraction of sp³-hybridized carbons (Fsp3) is 0.800. The van der Waals surface area contributed by atoms with Crippen LogP contribution in [0, 0.1) is 40.9 Å². The van der Waals surface area contributed by atoms with Crippen LogP contribution in [0.1, 0.15) is 32.6 Å². The van der Waals surface area contributed by atoms with E-state index in [9.17, 15) is 4.79 Å². The van der Waals surface area contributed by atoms with Crippen molar-refractivity contribution in [2.45, 2.75) is 32.6 Å². The van der Waals surface area contributed by atoms with Crippen LogP contribution in [0.25, 0.3) is 0 Å². The summed E-state index contributed by atoms with van der Waals surface area (Å²) in [4.78, 5) is 11.9. The van der Waals surface area contributed by atoms with Gasteiger partial charge in [0.2, 0.25) is 5.91 Å². The van der Waals surface area contributed by atoms with E-state index in [1.807, 2.05) is 0 Å². The number of rotatable bonds is 2. The van der Waals surface area contributed by atoms with Gasteiger partial charge < -0.3 is 5.73 Å². The molecule has 92 valence electrons. The SMILES string of the molecule is CCC1(C(N)=O)CC2CC1C1C3C=CC(C3)C21. The number of primary amides is 1. The Morgan fingerprint density at radius 3 is 2.65 bits per heavy atom. The average Bonchev–Trinajstić information content (AvgIpc) is 3.05. The lowest BCUT2D eigenvalue weighted by molar-refractivity contribution is -0.133. The topological polar surface area (TPSA) is 43.1 Å². The number of nitrogens with two attached hydrogens (primary N) is 1. The van der Waals surface area contributed by atoms with Crippen molar-refractivity contribution in [2.24, 2.45) is 46.7 Å². The maximum atomic E-state index is 11.9. The third kappa shape index (κ3) is 0.974. The second-order valence-corrected chi connectivity index (χ2v) is 6.78. The van der Waals surface area contributed by atoms with Crippen LogP contribution in [0.15, 0.2) is 12.2 Å². The Kier molecular flexibility index (Phi) is 1.77. The molecule has 0 aromatic heterocycles. The predicted molar refractivity (Wildman–Crippen MR) is 65.8 cm³/mol. The van der Waals surface area contributed by atoms with Gasteiger partial charge in [-0.25, -0.2) is 0 Å². The average molecular weight is 231 g/mol. The minimum Gasteiger partial charge on any atom is -0.369 e. The Morgan fingerprint density at radius 2 is 2.00 bits per heavy atom. The minimum absolute atomic E-state index is 0.0160. The van der Waals surface area contributed by atoms with Crippen LogP contribution in [0.5, 0.6) is 0 Å². The zero-order valence-electron chi connectivity index (χ0n) is 10.4. The number of hydrogen-bond acceptors (Lipinski definition) is 1. The molecule has 4 rings (SSSR count). The van der Waals surface area contributed by atoms with Crippen molar-refractivity contribution < 1.29 is 4.79 Å². The van der Waals surface area contributed by atoms with Gasteiger partial charge >= 0.3 is 0 Å². The third-order valence-corrected chi connectivity index (χ3v) is 6.61. The van der Waals surface area contributed by atoms with E-state index in [1.54, 1.807) is 0 Å². The second-order valence-electron chi connectivity index (χ2n) is 6.78. The lowest BCUT2D eigenvalue weighted by Gasteiger charge is -2.43. The largest absolute Gasteiger partial charge is 0.369 e. The fourth-order valence-electron chi connectivity index (χ4n) is 6.07. The van der Waals surface area contributed by atoms with Gasteiger partial charge in [-0.1, -0.05) is 19.1 Å². The zero-order chi connectivity index (χ0) is 11.8. The first-order valence-corrected chi connectivity index (χ1v) is 7.15. The van der Waals surface area contributed by atoms with Gasteiger partial charge in [-0.3, -0.25) is 4.79 Å². The van der Waals surface area contributed by atoms with E-state index in [2.05, 4.69) is 19.1 Å². The second kappa shape index (κ2) is 2.96. The van der Waals surface area contributed by atoms with E-state index in [0.717, 1.165) is 42.4 Å². The smallest absolute Gasteiger partial charge is 0.223 e. The lowest BCUT2D eigenvalue weighted by atomic mass is 9.60. The third-order valence-electron chi connectivity index (χ3n) is 6.61. The first-order chi connectivity index (χ1) is 8.17. The Balaban J connectivity index is 1.75. The molecule has 0 aliphatic heterocycles. The highest BCUT2D eigenvalue weighted by Crippen LogP contribution is 2.70. The van der Waals surface area contributed by atoms with E-state index in [4.69, 9.17) is 5.73 Å². The van der Waals surface area contributed by atoms with Gasteiger partial charge in [-0.2, -0.15) is 0 Å². The molecule has 2 heteroatoms. The maximum Gasteiger partial charge on any atom is 0.223 e. The molecule has 0 aromatic rings. The molecule has 2 nitrogen and oxygen atoms in total. The van der Waals surface area contributed by atoms with E-state index < -0.39 is 0 Å². The van der Waals surface area contributed by atoms with Crippen LogP contribution >= 0.6 is 0 Å². The van der Waals surface area contributed by atoms with Crippen LogP contribution in [0.3, 0.4) is 0 Å². The highest BCUT2D eigenvalue weighted by molar-refractivity contribution is 5.82. The number of amides is 1. The quantitative estimate of drug-likeness (QED) is 0.575. The predicted octanol–water partition coefficient (Wildman–Crippen LogP) is 2.35. The maximum absolute atomic E-state index is 11.9. The molecule has 7 atom stereocenters. The summed E-state index contributed by atoms with van der Waals surface area (Å²) in [5.74, 6) is 4.66. The molecule has 0 spiro atoms. The van der Waals surface area contributed by atoms with Gasteiger partial charge in [0.1, 0.15) is 0 Å². The van der Waals surface area contributed by atoms with Crippen molar-refractivity contribution >= 4 is 5.91 Å². The highest BCUT2D eigenvalue weighted by Gasteiger charge is 2.66. The first-order valence-electron chi connectivity index (χ1n) is 7.15. The molecular formula is C15H21NO. The summed E-state index contributed by atoms with van der Waals surface area (Å²) in [6, 6.07) is 0. The van der Waals surface area contributed by atoms with Crippen LogP contribution < -0.4 is 5.73 Å². The Hall–Kier alpha value is -0.790. The van der Waals surface area contributed by atoms with Crippen molar-refractivity contribution in [1.29, 1.82) is 0 Å². The summed E-state index contributed by atoms with van der Waals surface area (Å²) in [5, 5.41) is 0. The molecule has 17 heavy (non-hydrogen) atoms. The molecule has 4 aliphatic carbocycles. The zero-order valence-corrected chi connectivity index (χ0v) is 10.4. The molecule has 0 saturated heterocycles. The molecule has 1 amide bonds. The molecule has 0 heterocycles. The van der Waals surface area contributed by atoms with E-state index in [0.29, 0.717) is 5.92 Å². The first kappa shape index (κ1) is 10.2. The minimum atomic E-state index is -0.149. The number of hydrogen-bond donors (Lipinski definition) is 1. The molecule has 4 aliphatic rings. The summed E-state index contributed by atoms with van der Waals surface area (Å²) < 4.78 is 0. The van der Waals surface area contributed by atoms with Crippen LogP contribution in [0.2, 0.25) is 0 Å². The van der Waals surface area contributed by atoms with Crippen LogP contribution in [-0.2, 0) is 4.79 Å². The Morgan fingerprint density at radius 1 is 1.29 bits per heavy atom. The summed E-state index contributed by atoms with van der Waals surface area (Å²) in [6.45, 7) is 2.16. The molecule has 4 bridgehead atoms. The number of fused-ring (bicyclic) bond motifs is 9. The van der Waals surface area contributed by atoms with Crippen molar-refractivity contribution in [1.82, 2.24) is 0 Å². The molecule has 0 aromatic carbocycles. The van der Waals surface area contributed by atoms with Crippen molar-refractivity contribution in [3.05, 3.63) is 12.2 Å². The van der Waals surface area contributed by atoms with Gasteiger partial charge in [-0.05, 0) is 61.2 Å². The highest BCUT2D eigenvalue weighted by atomic mass is 16.1. The molecular weight excluding hydrogens is 210 g/mol. The number of carbonyl (C=O) groups excluding carboxylic acids is 1. The molecule has 3 saturated carbocycles. The monoisotopic (exact) mass is 231 g/mol. The number of carbonyl (C=O) groups is 1. The lowest BCUT2D eigenvalue weighted by Crippen LogP contribution is -2.46. The van der Waals surface area contributed by atoms with Gasteiger partial charge in [-0.15, -0.1) is 0 Å². The summed E-state index contributed by atoms with van der Waals surface area (Å²) in [5.41, 5.74) is 5.61. The molecule has 3 fully saturated rings. The molecule has 0 radical (unpaired) electrons. The van der Waals surface area contributed by atoms with E-state index >= 15 is 0 Å². The van der Waals surface area contributed by atoms with E-state index in [-0.39, 0.29) is 11.3 Å². The summed E-state index contributed by atoms with van der Waals surface area (Å²) in [6.07, 6.45) is 9.55.